The zero-order valence-corrected chi connectivity index (χ0v) is 10.2. The van der Waals surface area contributed by atoms with Gasteiger partial charge in [-0.2, -0.15) is 0 Å². The summed E-state index contributed by atoms with van der Waals surface area (Å²) in [5.41, 5.74) is 8.46. The van der Waals surface area contributed by atoms with Crippen molar-refractivity contribution in [1.29, 1.82) is 0 Å². The summed E-state index contributed by atoms with van der Waals surface area (Å²) >= 11 is 0. The van der Waals surface area contributed by atoms with Gasteiger partial charge in [-0.1, -0.05) is 24.3 Å². The quantitative estimate of drug-likeness (QED) is 0.823. The van der Waals surface area contributed by atoms with E-state index in [2.05, 4.69) is 39.1 Å². The fourth-order valence-corrected chi connectivity index (χ4v) is 2.39. The highest BCUT2D eigenvalue weighted by atomic mass is 15.2. The number of aromatic nitrogens is 2. The molecule has 4 heteroatoms. The maximum absolute atomic E-state index is 5.56. The molecule has 0 radical (unpaired) electrons. The fourth-order valence-electron chi connectivity index (χ4n) is 2.39. The van der Waals surface area contributed by atoms with Gasteiger partial charge in [0.1, 0.15) is 11.6 Å². The van der Waals surface area contributed by atoms with Crippen LogP contribution in [0, 0.1) is 0 Å². The number of hydrogen-bond donors (Lipinski definition) is 1. The minimum atomic E-state index is 0.469. The molecule has 0 aliphatic carbocycles. The molecule has 4 nitrogen and oxygen atoms in total. The average molecular weight is 240 g/mol. The molecule has 0 unspecified atom stereocenters. The Hall–Kier alpha value is -2.10. The van der Waals surface area contributed by atoms with Crippen LogP contribution >= 0.6 is 0 Å². The van der Waals surface area contributed by atoms with Gasteiger partial charge in [0.2, 0.25) is 0 Å². The monoisotopic (exact) mass is 240 g/mol. The third kappa shape index (κ3) is 2.14. The highest BCUT2D eigenvalue weighted by Gasteiger charge is 2.14. The van der Waals surface area contributed by atoms with E-state index in [1.165, 1.54) is 11.1 Å². The molecule has 0 spiro atoms. The van der Waals surface area contributed by atoms with Gasteiger partial charge < -0.3 is 10.6 Å². The highest BCUT2D eigenvalue weighted by molar-refractivity contribution is 5.42. The van der Waals surface area contributed by atoms with Crippen LogP contribution in [0.4, 0.5) is 11.6 Å². The van der Waals surface area contributed by atoms with E-state index in [0.717, 1.165) is 31.7 Å². The van der Waals surface area contributed by atoms with Crippen molar-refractivity contribution in [2.24, 2.45) is 0 Å². The van der Waals surface area contributed by atoms with Gasteiger partial charge in [0, 0.05) is 13.1 Å². The fraction of sp³-hybridized carbons (Fsp3) is 0.286. The Balaban J connectivity index is 1.80. The number of benzene rings is 1. The molecule has 3 rings (SSSR count). The summed E-state index contributed by atoms with van der Waals surface area (Å²) in [6.07, 6.45) is 5.49. The van der Waals surface area contributed by atoms with Gasteiger partial charge in [0.25, 0.3) is 0 Å². The van der Waals surface area contributed by atoms with E-state index in [4.69, 9.17) is 5.73 Å². The first-order valence-corrected chi connectivity index (χ1v) is 6.22. The lowest BCUT2D eigenvalue weighted by atomic mass is 10.0. The predicted molar refractivity (Wildman–Crippen MR) is 72.5 cm³/mol. The Morgan fingerprint density at radius 3 is 2.17 bits per heavy atom. The lowest BCUT2D eigenvalue weighted by molar-refractivity contribution is 0.787. The number of rotatable bonds is 1. The molecule has 0 saturated heterocycles. The topological polar surface area (TPSA) is 55.0 Å². The molecule has 0 bridgehead atoms. The van der Waals surface area contributed by atoms with Crippen molar-refractivity contribution in [2.45, 2.75) is 12.8 Å². The van der Waals surface area contributed by atoms with Crippen LogP contribution in [-0.4, -0.2) is 23.1 Å². The van der Waals surface area contributed by atoms with E-state index in [1.54, 1.807) is 12.4 Å². The van der Waals surface area contributed by atoms with Gasteiger partial charge in [-0.25, -0.2) is 9.97 Å². The Kier molecular flexibility index (Phi) is 2.84. The second-order valence-corrected chi connectivity index (χ2v) is 4.56. The van der Waals surface area contributed by atoms with Crippen LogP contribution in [0.2, 0.25) is 0 Å². The molecule has 1 aliphatic rings. The minimum Gasteiger partial charge on any atom is -0.382 e. The normalized spacial score (nSPS) is 15.0. The number of hydrogen-bond acceptors (Lipinski definition) is 4. The van der Waals surface area contributed by atoms with Gasteiger partial charge in [0.15, 0.2) is 0 Å². The van der Waals surface area contributed by atoms with Crippen LogP contribution in [0.3, 0.4) is 0 Å². The van der Waals surface area contributed by atoms with Crippen molar-refractivity contribution in [2.75, 3.05) is 23.7 Å². The Labute approximate surface area is 106 Å². The summed E-state index contributed by atoms with van der Waals surface area (Å²) in [5, 5.41) is 0. The lowest BCUT2D eigenvalue weighted by Crippen LogP contribution is -2.27. The number of anilines is 2. The van der Waals surface area contributed by atoms with Gasteiger partial charge in [-0.15, -0.1) is 0 Å². The van der Waals surface area contributed by atoms with Gasteiger partial charge >= 0.3 is 0 Å². The van der Waals surface area contributed by atoms with Crippen molar-refractivity contribution < 1.29 is 0 Å². The Morgan fingerprint density at radius 1 is 0.944 bits per heavy atom. The molecular weight excluding hydrogens is 224 g/mol. The minimum absolute atomic E-state index is 0.469. The third-order valence-electron chi connectivity index (χ3n) is 3.40. The maximum atomic E-state index is 5.56. The average Bonchev–Trinajstić information content (AvgIpc) is 2.62. The zero-order chi connectivity index (χ0) is 12.4. The number of nitrogens with two attached hydrogens (primary N) is 1. The maximum Gasteiger partial charge on any atom is 0.147 e. The molecule has 0 saturated carbocycles. The Bertz CT molecular complexity index is 509. The van der Waals surface area contributed by atoms with Crippen molar-refractivity contribution in [3.8, 4) is 0 Å². The SMILES string of the molecule is Nc1cnc(N2CCc3ccccc3CC2)cn1. The molecule has 0 fully saturated rings. The molecule has 1 aromatic heterocycles. The van der Waals surface area contributed by atoms with Crippen LogP contribution in [0.1, 0.15) is 11.1 Å². The van der Waals surface area contributed by atoms with E-state index in [0.29, 0.717) is 5.82 Å². The second-order valence-electron chi connectivity index (χ2n) is 4.56. The van der Waals surface area contributed by atoms with Gasteiger partial charge in [-0.3, -0.25) is 0 Å². The number of nitrogens with zero attached hydrogens (tertiary/aromatic N) is 3. The molecule has 1 aromatic carbocycles. The molecule has 2 N–H and O–H groups in total. The summed E-state index contributed by atoms with van der Waals surface area (Å²) in [6, 6.07) is 8.65. The molecule has 2 heterocycles. The van der Waals surface area contributed by atoms with Gasteiger partial charge in [0.05, 0.1) is 12.4 Å². The van der Waals surface area contributed by atoms with E-state index in [-0.39, 0.29) is 0 Å². The summed E-state index contributed by atoms with van der Waals surface area (Å²) in [5.74, 6) is 1.38. The zero-order valence-electron chi connectivity index (χ0n) is 10.2. The largest absolute Gasteiger partial charge is 0.382 e. The van der Waals surface area contributed by atoms with Crippen LogP contribution in [-0.2, 0) is 12.8 Å². The summed E-state index contributed by atoms with van der Waals surface area (Å²) in [6.45, 7) is 1.96. The number of fused-ring (bicyclic) bond motifs is 1. The third-order valence-corrected chi connectivity index (χ3v) is 3.40. The highest BCUT2D eigenvalue weighted by Crippen LogP contribution is 2.19. The van der Waals surface area contributed by atoms with Crippen LogP contribution in [0.25, 0.3) is 0 Å². The molecular formula is C14H16N4. The first-order valence-electron chi connectivity index (χ1n) is 6.22. The standard InChI is InChI=1S/C14H16N4/c15-13-9-17-14(10-16-13)18-7-5-11-3-1-2-4-12(11)6-8-18/h1-4,9-10H,5-8H2,(H2,15,16). The number of nitrogen functional groups attached to an aromatic ring is 1. The predicted octanol–water partition coefficient (Wildman–Crippen LogP) is 1.66. The molecule has 92 valence electrons. The lowest BCUT2D eigenvalue weighted by Gasteiger charge is -2.20. The Morgan fingerprint density at radius 2 is 1.61 bits per heavy atom. The summed E-state index contributed by atoms with van der Waals surface area (Å²) < 4.78 is 0. The van der Waals surface area contributed by atoms with Crippen molar-refractivity contribution >= 4 is 11.6 Å². The summed E-state index contributed by atoms with van der Waals surface area (Å²) in [4.78, 5) is 10.7. The van der Waals surface area contributed by atoms with Crippen molar-refractivity contribution in [3.05, 3.63) is 47.8 Å². The first-order chi connectivity index (χ1) is 8.83. The molecule has 18 heavy (non-hydrogen) atoms. The van der Waals surface area contributed by atoms with Crippen LogP contribution in [0.15, 0.2) is 36.7 Å². The first kappa shape index (κ1) is 11.0. The van der Waals surface area contributed by atoms with Crippen LogP contribution in [0.5, 0.6) is 0 Å². The summed E-state index contributed by atoms with van der Waals surface area (Å²) in [7, 11) is 0. The van der Waals surface area contributed by atoms with E-state index in [1.807, 2.05) is 0 Å². The van der Waals surface area contributed by atoms with E-state index >= 15 is 0 Å². The molecule has 2 aromatic rings. The smallest absolute Gasteiger partial charge is 0.147 e. The second kappa shape index (κ2) is 4.64. The van der Waals surface area contributed by atoms with Crippen molar-refractivity contribution in [3.63, 3.8) is 0 Å². The molecule has 0 atom stereocenters. The van der Waals surface area contributed by atoms with Gasteiger partial charge in [-0.05, 0) is 24.0 Å². The van der Waals surface area contributed by atoms with Crippen LogP contribution < -0.4 is 10.6 Å². The van der Waals surface area contributed by atoms with E-state index in [9.17, 15) is 0 Å². The molecule has 0 amide bonds. The van der Waals surface area contributed by atoms with Crippen molar-refractivity contribution in [1.82, 2.24) is 9.97 Å². The molecule has 1 aliphatic heterocycles. The van der Waals surface area contributed by atoms with E-state index < -0.39 is 0 Å².